The van der Waals surface area contributed by atoms with Crippen molar-refractivity contribution >= 4 is 57.9 Å². The largest absolute Gasteiger partial charge is 0.382 e. The SMILES string of the molecule is O=C1c2c3nc(c(c4ccc(cc5nc(cc6ccc2[nH]6)C=C5)[nH]4)C(=O)C(O)C1O)C=C3.[Pt]. The maximum atomic E-state index is 13.2. The molecule has 0 aliphatic carbocycles. The molecular weight excluding hydrogens is 603 g/mol. The van der Waals surface area contributed by atoms with Gasteiger partial charge in [0, 0.05) is 32.1 Å². The number of aliphatic hydroxyl groups is 2. The van der Waals surface area contributed by atoms with Crippen LogP contribution in [0.5, 0.6) is 0 Å². The zero-order chi connectivity index (χ0) is 22.0. The maximum absolute atomic E-state index is 13.2. The van der Waals surface area contributed by atoms with Gasteiger partial charge in [-0.2, -0.15) is 0 Å². The first-order valence-electron chi connectivity index (χ1n) is 10.0. The standard InChI is InChI=1S/C24H16N4O4.Pt/c29-21-19-15-5-3-13(26-15)9-11-1-2-12(25-11)10-14-4-6-16(27-14)20(18-8-7-17(19)28-18)22(30)24(32)23(21)31;/h1-10,23-24,26-27,31-32H;. The predicted octanol–water partition coefficient (Wildman–Crippen LogP) is 2.75. The van der Waals surface area contributed by atoms with E-state index in [2.05, 4.69) is 19.9 Å². The summed E-state index contributed by atoms with van der Waals surface area (Å²) in [4.78, 5) is 41.8. The van der Waals surface area contributed by atoms with Crippen LogP contribution in [0, 0.1) is 0 Å². The van der Waals surface area contributed by atoms with E-state index in [4.69, 9.17) is 0 Å². The van der Waals surface area contributed by atoms with Crippen molar-refractivity contribution in [2.24, 2.45) is 0 Å². The molecule has 3 aliphatic rings. The van der Waals surface area contributed by atoms with Gasteiger partial charge in [0.05, 0.1) is 44.9 Å². The first-order valence-corrected chi connectivity index (χ1v) is 10.0. The van der Waals surface area contributed by atoms with Gasteiger partial charge in [-0.05, 0) is 60.7 Å². The van der Waals surface area contributed by atoms with E-state index in [1.165, 1.54) is 0 Å². The van der Waals surface area contributed by atoms with Crippen molar-refractivity contribution in [1.82, 2.24) is 19.9 Å². The van der Waals surface area contributed by atoms with Crippen LogP contribution in [0.25, 0.3) is 46.4 Å². The quantitative estimate of drug-likeness (QED) is 0.211. The number of hydrogen-bond donors (Lipinski definition) is 4. The maximum Gasteiger partial charge on any atom is 0.198 e. The van der Waals surface area contributed by atoms with Crippen molar-refractivity contribution in [2.45, 2.75) is 12.2 Å². The molecular formula is C24H16N4O4Pt. The van der Waals surface area contributed by atoms with Gasteiger partial charge in [-0.15, -0.1) is 0 Å². The van der Waals surface area contributed by atoms with Crippen LogP contribution < -0.4 is 0 Å². The second kappa shape index (κ2) is 7.85. The number of carbonyl (C=O) groups excluding carboxylic acids is 2. The van der Waals surface area contributed by atoms with Crippen LogP contribution in [-0.2, 0) is 21.1 Å². The van der Waals surface area contributed by atoms with Crippen LogP contribution in [0.3, 0.4) is 0 Å². The number of carbonyl (C=O) groups is 2. The van der Waals surface area contributed by atoms with Gasteiger partial charge in [0.15, 0.2) is 23.8 Å². The van der Waals surface area contributed by atoms with E-state index in [0.29, 0.717) is 33.5 Å². The molecule has 3 aliphatic heterocycles. The Bertz CT molecular complexity index is 1450. The van der Waals surface area contributed by atoms with Crippen LogP contribution >= 0.6 is 0 Å². The Hall–Kier alpha value is -3.45. The number of aromatic amines is 2. The molecule has 2 unspecified atom stereocenters. The van der Waals surface area contributed by atoms with Crippen molar-refractivity contribution < 1.29 is 40.9 Å². The number of rotatable bonds is 0. The zero-order valence-electron chi connectivity index (χ0n) is 16.8. The number of H-pyrrole nitrogens is 2. The minimum atomic E-state index is -1.94. The van der Waals surface area contributed by atoms with Gasteiger partial charge in [-0.3, -0.25) is 9.59 Å². The number of nitrogens with one attached hydrogen (secondary N) is 2. The Kier molecular flexibility index (Phi) is 5.09. The fraction of sp³-hybridized carbons (Fsp3) is 0.0833. The summed E-state index contributed by atoms with van der Waals surface area (Å²) in [7, 11) is 0. The van der Waals surface area contributed by atoms with Crippen molar-refractivity contribution in [3.63, 3.8) is 0 Å². The van der Waals surface area contributed by atoms with E-state index < -0.39 is 23.8 Å². The van der Waals surface area contributed by atoms with Gasteiger partial charge in [-0.25, -0.2) is 9.97 Å². The van der Waals surface area contributed by atoms with Crippen LogP contribution in [0.2, 0.25) is 0 Å². The number of nitrogens with zero attached hydrogens (tertiary/aromatic N) is 2. The molecule has 0 saturated heterocycles. The van der Waals surface area contributed by atoms with Crippen molar-refractivity contribution in [2.75, 3.05) is 0 Å². The summed E-state index contributed by atoms with van der Waals surface area (Å²) < 4.78 is 0. The number of hydrogen-bond acceptors (Lipinski definition) is 6. The molecule has 4 N–H and O–H groups in total. The van der Waals surface area contributed by atoms with Gasteiger partial charge >= 0.3 is 0 Å². The molecule has 9 heteroatoms. The molecule has 8 nitrogen and oxygen atoms in total. The molecule has 3 aromatic rings. The third kappa shape index (κ3) is 3.43. The average Bonchev–Trinajstić information content (AvgIpc) is 3.57. The first-order chi connectivity index (χ1) is 15.5. The topological polar surface area (TPSA) is 132 Å². The molecule has 33 heavy (non-hydrogen) atoms. The normalized spacial score (nSPS) is 18.8. The van der Waals surface area contributed by atoms with Gasteiger partial charge in [0.25, 0.3) is 0 Å². The molecule has 6 heterocycles. The summed E-state index contributed by atoms with van der Waals surface area (Å²) in [5.41, 5.74) is 4.49. The van der Waals surface area contributed by atoms with Crippen LogP contribution in [0.15, 0.2) is 36.4 Å². The minimum absolute atomic E-state index is 0. The summed E-state index contributed by atoms with van der Waals surface area (Å²) in [6.45, 7) is 0. The number of fused-ring (bicyclic) bond motifs is 8. The minimum Gasteiger partial charge on any atom is -0.382 e. The van der Waals surface area contributed by atoms with Crippen molar-refractivity contribution in [3.8, 4) is 0 Å². The molecule has 0 amide bonds. The Morgan fingerprint density at radius 3 is 1.58 bits per heavy atom. The molecule has 0 aromatic carbocycles. The van der Waals surface area contributed by atoms with Crippen LogP contribution in [0.4, 0.5) is 0 Å². The number of aliphatic hydroxyl groups excluding tert-OH is 2. The van der Waals surface area contributed by atoms with Crippen molar-refractivity contribution in [1.29, 1.82) is 0 Å². The molecule has 3 aromatic heterocycles. The molecule has 2 atom stereocenters. The Balaban J connectivity index is 0.00000228. The second-order valence-corrected chi connectivity index (χ2v) is 7.82. The average molecular weight is 619 g/mol. The number of Topliss-reactive ketones (excluding diaryl/α,β-unsaturated/α-hetero) is 2. The molecule has 0 radical (unpaired) electrons. The Morgan fingerprint density at radius 1 is 0.667 bits per heavy atom. The number of ketones is 2. The monoisotopic (exact) mass is 619 g/mol. The van der Waals surface area contributed by atoms with E-state index >= 15 is 0 Å². The summed E-state index contributed by atoms with van der Waals surface area (Å²) in [6.07, 6.45) is 3.13. The van der Waals surface area contributed by atoms with Gasteiger partial charge in [0.1, 0.15) is 0 Å². The molecule has 0 spiro atoms. The van der Waals surface area contributed by atoms with Gasteiger partial charge in [0.2, 0.25) is 0 Å². The molecule has 10 bridgehead atoms. The third-order valence-electron chi connectivity index (χ3n) is 5.73. The smallest absolute Gasteiger partial charge is 0.198 e. The Labute approximate surface area is 201 Å². The Morgan fingerprint density at radius 2 is 1.12 bits per heavy atom. The fourth-order valence-electron chi connectivity index (χ4n) is 4.17. The third-order valence-corrected chi connectivity index (χ3v) is 5.73. The van der Waals surface area contributed by atoms with Crippen LogP contribution in [0.1, 0.15) is 43.5 Å². The van der Waals surface area contributed by atoms with E-state index in [0.717, 1.165) is 11.4 Å². The summed E-state index contributed by atoms with van der Waals surface area (Å²) >= 11 is 0. The fourth-order valence-corrected chi connectivity index (χ4v) is 4.17. The zero-order valence-corrected chi connectivity index (χ0v) is 19.1. The second-order valence-electron chi connectivity index (χ2n) is 7.82. The van der Waals surface area contributed by atoms with E-state index in [1.807, 2.05) is 24.3 Å². The predicted molar refractivity (Wildman–Crippen MR) is 120 cm³/mol. The summed E-state index contributed by atoms with van der Waals surface area (Å²) in [5.74, 6) is -1.58. The molecule has 6 rings (SSSR count). The van der Waals surface area contributed by atoms with E-state index in [9.17, 15) is 19.8 Å². The summed E-state index contributed by atoms with van der Waals surface area (Å²) in [6, 6.07) is 10.6. The number of aromatic nitrogens is 4. The van der Waals surface area contributed by atoms with Gasteiger partial charge < -0.3 is 20.2 Å². The molecule has 0 fully saturated rings. The van der Waals surface area contributed by atoms with E-state index in [1.54, 1.807) is 36.4 Å². The van der Waals surface area contributed by atoms with E-state index in [-0.39, 0.29) is 32.2 Å². The first kappa shape index (κ1) is 21.4. The molecule has 0 saturated carbocycles. The molecule has 166 valence electrons. The van der Waals surface area contributed by atoms with Crippen molar-refractivity contribution in [3.05, 3.63) is 70.3 Å². The van der Waals surface area contributed by atoms with Gasteiger partial charge in [-0.1, -0.05) is 0 Å². The van der Waals surface area contributed by atoms with Crippen LogP contribution in [-0.4, -0.2) is 53.9 Å². The summed E-state index contributed by atoms with van der Waals surface area (Å²) in [5, 5.41) is 21.2.